The Morgan fingerprint density at radius 3 is 2.62 bits per heavy atom. The van der Waals surface area contributed by atoms with E-state index in [9.17, 15) is 9.59 Å². The first-order chi connectivity index (χ1) is 15.6. The molecular weight excluding hydrogens is 400 g/mol. The number of likely N-dealkylation sites (tertiary alicyclic amines) is 1. The Morgan fingerprint density at radius 1 is 1.09 bits per heavy atom. The van der Waals surface area contributed by atoms with Gasteiger partial charge in [0.05, 0.1) is 11.1 Å². The van der Waals surface area contributed by atoms with Crippen molar-refractivity contribution >= 4 is 22.7 Å². The van der Waals surface area contributed by atoms with E-state index in [4.69, 9.17) is 4.98 Å². The smallest absolute Gasteiger partial charge is 0.273 e. The second-order valence-electron chi connectivity index (χ2n) is 9.84. The van der Waals surface area contributed by atoms with Crippen molar-refractivity contribution in [3.8, 4) is 0 Å². The zero-order valence-corrected chi connectivity index (χ0v) is 19.1. The summed E-state index contributed by atoms with van der Waals surface area (Å²) in [5.41, 5.74) is 2.65. The van der Waals surface area contributed by atoms with Crippen LogP contribution in [0.1, 0.15) is 78.3 Å². The van der Waals surface area contributed by atoms with Crippen molar-refractivity contribution in [1.82, 2.24) is 20.1 Å². The molecule has 6 heteroatoms. The van der Waals surface area contributed by atoms with E-state index in [1.807, 2.05) is 29.2 Å². The summed E-state index contributed by atoms with van der Waals surface area (Å²) in [5.74, 6) is 0.717. The molecule has 1 saturated heterocycles. The number of hydrogen-bond acceptors (Lipinski definition) is 4. The molecule has 2 fully saturated rings. The second-order valence-corrected chi connectivity index (χ2v) is 9.84. The van der Waals surface area contributed by atoms with E-state index in [2.05, 4.69) is 17.1 Å². The molecule has 0 radical (unpaired) electrons. The van der Waals surface area contributed by atoms with E-state index in [-0.39, 0.29) is 17.9 Å². The maximum atomic E-state index is 13.4. The van der Waals surface area contributed by atoms with Crippen LogP contribution in [0.2, 0.25) is 0 Å². The first kappa shape index (κ1) is 21.4. The lowest BCUT2D eigenvalue weighted by Crippen LogP contribution is -2.39. The molecule has 1 N–H and O–H groups in total. The lowest BCUT2D eigenvalue weighted by Gasteiger charge is -2.30. The molecule has 0 unspecified atom stereocenters. The zero-order chi connectivity index (χ0) is 22.1. The molecule has 1 aliphatic carbocycles. The number of carbonyl (C=O) groups is 2. The number of para-hydroxylation sites is 1. The molecule has 0 atom stereocenters. The lowest BCUT2D eigenvalue weighted by molar-refractivity contribution is 0.0655. The number of nitrogens with zero attached hydrogens (tertiary/aromatic N) is 3. The molecule has 3 aliphatic rings. The highest BCUT2D eigenvalue weighted by molar-refractivity contribution is 6.11. The van der Waals surface area contributed by atoms with Crippen molar-refractivity contribution < 1.29 is 9.59 Å². The Morgan fingerprint density at radius 2 is 1.84 bits per heavy atom. The number of rotatable bonds is 5. The van der Waals surface area contributed by atoms with E-state index >= 15 is 0 Å². The molecule has 170 valence electrons. The summed E-state index contributed by atoms with van der Waals surface area (Å²) < 4.78 is 0. The zero-order valence-electron chi connectivity index (χ0n) is 19.1. The molecule has 32 heavy (non-hydrogen) atoms. The fraction of sp³-hybridized carbons (Fsp3) is 0.577. The predicted molar refractivity (Wildman–Crippen MR) is 126 cm³/mol. The van der Waals surface area contributed by atoms with E-state index in [0.717, 1.165) is 54.9 Å². The minimum atomic E-state index is -0.0801. The van der Waals surface area contributed by atoms with Gasteiger partial charge in [0, 0.05) is 36.6 Å². The van der Waals surface area contributed by atoms with Gasteiger partial charge in [-0.05, 0) is 50.8 Å². The summed E-state index contributed by atoms with van der Waals surface area (Å²) in [4.78, 5) is 35.8. The third kappa shape index (κ3) is 4.13. The van der Waals surface area contributed by atoms with Gasteiger partial charge in [-0.3, -0.25) is 9.59 Å². The van der Waals surface area contributed by atoms with Gasteiger partial charge in [-0.2, -0.15) is 0 Å². The molecule has 3 heterocycles. The second kappa shape index (κ2) is 9.18. The number of fused-ring (bicyclic) bond motifs is 2. The van der Waals surface area contributed by atoms with Crippen LogP contribution in [0.5, 0.6) is 0 Å². The van der Waals surface area contributed by atoms with Gasteiger partial charge in [-0.25, -0.2) is 4.98 Å². The Balaban J connectivity index is 1.38. The summed E-state index contributed by atoms with van der Waals surface area (Å²) in [6, 6.07) is 7.98. The summed E-state index contributed by atoms with van der Waals surface area (Å²) in [6.07, 6.45) is 8.15. The van der Waals surface area contributed by atoms with Gasteiger partial charge in [0.2, 0.25) is 0 Å². The fourth-order valence-electron chi connectivity index (χ4n) is 5.61. The van der Waals surface area contributed by atoms with Gasteiger partial charge in [-0.15, -0.1) is 0 Å². The number of pyridine rings is 1. The van der Waals surface area contributed by atoms with Gasteiger partial charge >= 0.3 is 0 Å². The number of nitrogens with one attached hydrogen (secondary N) is 1. The Hall–Kier alpha value is -2.47. The minimum absolute atomic E-state index is 0.00543. The van der Waals surface area contributed by atoms with Gasteiger partial charge in [-0.1, -0.05) is 44.4 Å². The number of carbonyl (C=O) groups excluding carboxylic acids is 2. The van der Waals surface area contributed by atoms with Crippen molar-refractivity contribution in [1.29, 1.82) is 0 Å². The molecule has 0 spiro atoms. The van der Waals surface area contributed by atoms with Gasteiger partial charge in [0.1, 0.15) is 5.69 Å². The molecule has 1 aromatic heterocycles. The average Bonchev–Trinajstić information content (AvgIpc) is 3.15. The number of benzene rings is 1. The number of aromatic nitrogens is 1. The van der Waals surface area contributed by atoms with Crippen LogP contribution in [-0.4, -0.2) is 58.8 Å². The van der Waals surface area contributed by atoms with Crippen molar-refractivity contribution in [3.63, 3.8) is 0 Å². The van der Waals surface area contributed by atoms with Crippen molar-refractivity contribution in [2.75, 3.05) is 26.2 Å². The van der Waals surface area contributed by atoms with Crippen molar-refractivity contribution in [3.05, 3.63) is 41.1 Å². The summed E-state index contributed by atoms with van der Waals surface area (Å²) in [7, 11) is 0. The Bertz CT molecular complexity index is 1010. The highest BCUT2D eigenvalue weighted by atomic mass is 16.2. The van der Waals surface area contributed by atoms with Crippen molar-refractivity contribution in [2.45, 2.75) is 64.5 Å². The quantitative estimate of drug-likeness (QED) is 0.773. The molecule has 0 bridgehead atoms. The molecule has 1 saturated carbocycles. The monoisotopic (exact) mass is 434 g/mol. The topological polar surface area (TPSA) is 65.5 Å². The average molecular weight is 435 g/mol. The van der Waals surface area contributed by atoms with E-state index in [1.165, 1.54) is 32.1 Å². The van der Waals surface area contributed by atoms with Crippen LogP contribution < -0.4 is 5.32 Å². The molecule has 6 nitrogen and oxygen atoms in total. The van der Waals surface area contributed by atoms with E-state index in [1.54, 1.807) is 0 Å². The Labute approximate surface area is 190 Å². The largest absolute Gasteiger partial charge is 0.351 e. The van der Waals surface area contributed by atoms with Gasteiger partial charge in [0.15, 0.2) is 0 Å². The van der Waals surface area contributed by atoms with Crippen molar-refractivity contribution in [2.24, 2.45) is 5.92 Å². The first-order valence-electron chi connectivity index (χ1n) is 12.3. The van der Waals surface area contributed by atoms with Crippen LogP contribution in [-0.2, 0) is 6.54 Å². The SMILES string of the molecule is CC1CCN(CCNC(=O)c2c3c(nc4ccccc24)C(=O)N(C2CCCCC2)C3)CC1. The van der Waals surface area contributed by atoms with Gasteiger partial charge < -0.3 is 15.1 Å². The van der Waals surface area contributed by atoms with Crippen LogP contribution in [0.25, 0.3) is 10.9 Å². The summed E-state index contributed by atoms with van der Waals surface area (Å²) >= 11 is 0. The molecule has 2 aliphatic heterocycles. The lowest BCUT2D eigenvalue weighted by atomic mass is 9.94. The standard InChI is InChI=1S/C26H34N4O2/c1-18-11-14-29(15-12-18)16-13-27-25(31)23-20-9-5-6-10-22(20)28-24-21(23)17-30(26(24)32)19-7-3-2-4-8-19/h5-6,9-10,18-19H,2-4,7-8,11-17H2,1H3,(H,27,31). The molecule has 2 aromatic rings. The molecule has 1 aromatic carbocycles. The number of piperidine rings is 1. The predicted octanol–water partition coefficient (Wildman–Crippen LogP) is 3.99. The first-order valence-corrected chi connectivity index (χ1v) is 12.3. The maximum Gasteiger partial charge on any atom is 0.273 e. The van der Waals surface area contributed by atoms with E-state index < -0.39 is 0 Å². The highest BCUT2D eigenvalue weighted by Gasteiger charge is 2.38. The van der Waals surface area contributed by atoms with Crippen LogP contribution in [0.15, 0.2) is 24.3 Å². The maximum absolute atomic E-state index is 13.4. The highest BCUT2D eigenvalue weighted by Crippen LogP contribution is 2.34. The van der Waals surface area contributed by atoms with Crippen LogP contribution >= 0.6 is 0 Å². The van der Waals surface area contributed by atoms with E-state index in [0.29, 0.717) is 24.3 Å². The van der Waals surface area contributed by atoms with Crippen LogP contribution in [0.4, 0.5) is 0 Å². The third-order valence-corrected chi connectivity index (χ3v) is 7.62. The normalized spacial score (nSPS) is 20.7. The molecule has 5 rings (SSSR count). The molecule has 2 amide bonds. The van der Waals surface area contributed by atoms with Crippen LogP contribution in [0, 0.1) is 5.92 Å². The number of amides is 2. The van der Waals surface area contributed by atoms with Crippen LogP contribution in [0.3, 0.4) is 0 Å². The summed E-state index contributed by atoms with van der Waals surface area (Å²) in [6.45, 7) is 6.52. The van der Waals surface area contributed by atoms with Gasteiger partial charge in [0.25, 0.3) is 11.8 Å². The number of hydrogen-bond donors (Lipinski definition) is 1. The fourth-order valence-corrected chi connectivity index (χ4v) is 5.61. The summed E-state index contributed by atoms with van der Waals surface area (Å²) in [5, 5.41) is 3.99. The minimum Gasteiger partial charge on any atom is -0.351 e. The Kier molecular flexibility index (Phi) is 6.13. The molecular formula is C26H34N4O2. The third-order valence-electron chi connectivity index (χ3n) is 7.62.